The quantitative estimate of drug-likeness (QED) is 0.278. The Kier molecular flexibility index (Phi) is 40.3. The third kappa shape index (κ3) is 96.7. The van der Waals surface area contributed by atoms with Crippen molar-refractivity contribution in [1.82, 2.24) is 4.90 Å². The molecule has 0 aromatic heterocycles. The summed E-state index contributed by atoms with van der Waals surface area (Å²) < 4.78 is 0. The van der Waals surface area contributed by atoms with Gasteiger partial charge in [-0.15, -0.1) is 0 Å². The number of nitrogens with zero attached hydrogens (tertiary/aromatic N) is 1. The van der Waals surface area contributed by atoms with Gasteiger partial charge in [-0.1, -0.05) is 199 Å². The van der Waals surface area contributed by atoms with Crippen molar-refractivity contribution in [3.63, 3.8) is 0 Å². The van der Waals surface area contributed by atoms with Crippen LogP contribution in [0, 0.1) is 32.5 Å². The molecule has 1 amide bonds. The van der Waals surface area contributed by atoms with Crippen LogP contribution in [0.3, 0.4) is 0 Å². The summed E-state index contributed by atoms with van der Waals surface area (Å²) in [6.45, 7) is 51.6. The summed E-state index contributed by atoms with van der Waals surface area (Å²) in [5, 5.41) is 0. The van der Waals surface area contributed by atoms with Gasteiger partial charge in [-0.05, 0) is 64.6 Å². The van der Waals surface area contributed by atoms with Crippen LogP contribution in [0.2, 0.25) is 0 Å². The Balaban J connectivity index is -0.0000000800. The van der Waals surface area contributed by atoms with E-state index in [1.807, 2.05) is 0 Å². The third-order valence-corrected chi connectivity index (χ3v) is 6.65. The second kappa shape index (κ2) is 30.5. The molecule has 0 fully saturated rings. The molecule has 0 unspecified atom stereocenters. The molecule has 0 aliphatic heterocycles. The normalized spacial score (nSPS) is 11.6. The Morgan fingerprint density at radius 2 is 0.565 bits per heavy atom. The second-order valence-electron chi connectivity index (χ2n) is 20.5. The Hall–Kier alpha value is -0.530. The lowest BCUT2D eigenvalue weighted by atomic mass is 9.90. The zero-order valence-electron chi connectivity index (χ0n) is 37.1. The minimum atomic E-state index is 0. The number of amides is 1. The van der Waals surface area contributed by atoms with Crippen LogP contribution in [-0.2, 0) is 4.79 Å². The summed E-state index contributed by atoms with van der Waals surface area (Å²) in [7, 11) is 3.59. The van der Waals surface area contributed by atoms with E-state index in [2.05, 4.69) is 159 Å². The molecule has 0 saturated carbocycles. The number of hydrogen-bond donors (Lipinski definition) is 0. The van der Waals surface area contributed by atoms with E-state index in [1.165, 1.54) is 57.8 Å². The predicted molar refractivity (Wildman–Crippen MR) is 221 cm³/mol. The van der Waals surface area contributed by atoms with Crippen molar-refractivity contribution in [2.45, 2.75) is 237 Å². The van der Waals surface area contributed by atoms with Gasteiger partial charge in [0.25, 0.3) is 0 Å². The van der Waals surface area contributed by atoms with Gasteiger partial charge in [0.1, 0.15) is 0 Å². The molecule has 0 saturated heterocycles. The highest BCUT2D eigenvalue weighted by atomic mass is 16.2. The minimum Gasteiger partial charge on any atom is -0.349 e. The maximum atomic E-state index is 11.1. The molecule has 288 valence electrons. The topological polar surface area (TPSA) is 20.3 Å². The average molecular weight is 660 g/mol. The van der Waals surface area contributed by atoms with Gasteiger partial charge >= 0.3 is 0 Å². The highest BCUT2D eigenvalue weighted by Gasteiger charge is 2.13. The van der Waals surface area contributed by atoms with Crippen molar-refractivity contribution in [1.29, 1.82) is 0 Å². The summed E-state index contributed by atoms with van der Waals surface area (Å²) >= 11 is 0. The van der Waals surface area contributed by atoms with Crippen LogP contribution in [0.1, 0.15) is 237 Å². The number of hydrogen-bond acceptors (Lipinski definition) is 1. The largest absolute Gasteiger partial charge is 0.349 e. The lowest BCUT2D eigenvalue weighted by molar-refractivity contribution is -0.129. The smallest absolute Gasteiger partial charge is 0.222 e. The molecular formula is C44H101NO. The Morgan fingerprint density at radius 1 is 0.391 bits per heavy atom. The Labute approximate surface area is 298 Å². The third-order valence-electron chi connectivity index (χ3n) is 6.65. The van der Waals surface area contributed by atoms with E-state index in [-0.39, 0.29) is 18.7 Å². The van der Waals surface area contributed by atoms with Crippen molar-refractivity contribution in [3.8, 4) is 0 Å². The minimum absolute atomic E-state index is 0. The first-order chi connectivity index (χ1) is 19.6. The van der Waals surface area contributed by atoms with Crippen molar-refractivity contribution < 1.29 is 4.79 Å². The molecule has 0 bridgehead atoms. The van der Waals surface area contributed by atoms with Crippen LogP contribution in [0.25, 0.3) is 0 Å². The molecule has 0 heterocycles. The van der Waals surface area contributed by atoms with Gasteiger partial charge in [-0.25, -0.2) is 0 Å². The molecule has 0 atom stereocenters. The van der Waals surface area contributed by atoms with E-state index in [1.54, 1.807) is 19.0 Å². The van der Waals surface area contributed by atoms with Gasteiger partial charge < -0.3 is 4.90 Å². The van der Waals surface area contributed by atoms with Gasteiger partial charge in [0.2, 0.25) is 5.91 Å². The summed E-state index contributed by atoms with van der Waals surface area (Å²) in [5.41, 5.74) is 3.01. The van der Waals surface area contributed by atoms with Crippen LogP contribution in [0.4, 0.5) is 0 Å². The molecule has 0 aliphatic carbocycles. The molecule has 2 nitrogen and oxygen atoms in total. The van der Waals surface area contributed by atoms with Crippen molar-refractivity contribution in [2.24, 2.45) is 32.5 Å². The lowest BCUT2D eigenvalue weighted by Gasteiger charge is -2.18. The molecule has 0 rings (SSSR count). The van der Waals surface area contributed by atoms with Gasteiger partial charge in [0, 0.05) is 20.5 Å². The molecule has 0 aromatic rings. The van der Waals surface area contributed by atoms with Gasteiger partial charge in [-0.2, -0.15) is 0 Å². The van der Waals surface area contributed by atoms with Gasteiger partial charge in [0.15, 0.2) is 0 Å². The SMILES string of the molecule is C.CCC(C)(C)C.CCCC(C)(C)C.CCCC(C)(C)C.CCCC(C)(C)C.CCCC(C)(C)C.CN(C)C(=O)CCC(C)(C)C. The zero-order valence-corrected chi connectivity index (χ0v) is 37.1. The number of carbonyl (C=O) groups is 1. The van der Waals surface area contributed by atoms with Crippen LogP contribution in [0.5, 0.6) is 0 Å². The van der Waals surface area contributed by atoms with Crippen LogP contribution in [0.15, 0.2) is 0 Å². The first kappa shape index (κ1) is 60.8. The zero-order chi connectivity index (χ0) is 37.9. The van der Waals surface area contributed by atoms with E-state index < -0.39 is 0 Å². The highest BCUT2D eigenvalue weighted by Crippen LogP contribution is 2.22. The van der Waals surface area contributed by atoms with Gasteiger partial charge in [-0.3, -0.25) is 4.79 Å². The monoisotopic (exact) mass is 660 g/mol. The molecule has 0 aromatic carbocycles. The lowest BCUT2D eigenvalue weighted by Crippen LogP contribution is -2.22. The van der Waals surface area contributed by atoms with Crippen molar-refractivity contribution in [3.05, 3.63) is 0 Å². The van der Waals surface area contributed by atoms with E-state index in [9.17, 15) is 4.79 Å². The van der Waals surface area contributed by atoms with Crippen LogP contribution in [-0.4, -0.2) is 24.9 Å². The average Bonchev–Trinajstić information content (AvgIpc) is 2.75. The van der Waals surface area contributed by atoms with E-state index >= 15 is 0 Å². The van der Waals surface area contributed by atoms with E-state index in [0.29, 0.717) is 33.5 Å². The summed E-state index contributed by atoms with van der Waals surface area (Å²) in [6, 6.07) is 0. The van der Waals surface area contributed by atoms with Crippen molar-refractivity contribution >= 4 is 5.91 Å². The van der Waals surface area contributed by atoms with Crippen LogP contribution < -0.4 is 0 Å². The molecular weight excluding hydrogens is 558 g/mol. The molecule has 0 aliphatic rings. The first-order valence-electron chi connectivity index (χ1n) is 18.8. The summed E-state index contributed by atoms with van der Waals surface area (Å²) in [6.07, 6.45) is 13.5. The molecule has 0 N–H and O–H groups in total. The summed E-state index contributed by atoms with van der Waals surface area (Å²) in [5.74, 6) is 0.222. The molecule has 0 spiro atoms. The van der Waals surface area contributed by atoms with E-state index in [4.69, 9.17) is 0 Å². The maximum Gasteiger partial charge on any atom is 0.222 e. The maximum absolute atomic E-state index is 11.1. The number of carbonyl (C=O) groups excluding carboxylic acids is 1. The predicted octanol–water partition coefficient (Wildman–Crippen LogP) is 16.3. The highest BCUT2D eigenvalue weighted by molar-refractivity contribution is 5.75. The standard InChI is InChI=1S/C9H19NO.4C7H16.C6H14.CH4/c1-9(2,3)7-6-8(11)10(4)5;4*1-5-6-7(2,3)4;1-5-6(2,3)4;/h6-7H2,1-5H3;4*5-6H2,1-4H3;5H2,1-4H3;1H4. The fraction of sp³-hybridized carbons (Fsp3) is 0.977. The molecule has 46 heavy (non-hydrogen) atoms. The fourth-order valence-corrected chi connectivity index (χ4v) is 3.71. The number of rotatable bonds is 6. The Bertz CT molecular complexity index is 537. The molecule has 2 heteroatoms. The van der Waals surface area contributed by atoms with Gasteiger partial charge in [0.05, 0.1) is 0 Å². The Morgan fingerprint density at radius 3 is 0.630 bits per heavy atom. The molecule has 0 radical (unpaired) electrons. The summed E-state index contributed by atoms with van der Waals surface area (Å²) in [4.78, 5) is 12.8. The fourth-order valence-electron chi connectivity index (χ4n) is 3.71. The van der Waals surface area contributed by atoms with Crippen LogP contribution >= 0.6 is 0 Å². The first-order valence-corrected chi connectivity index (χ1v) is 18.8. The van der Waals surface area contributed by atoms with Crippen molar-refractivity contribution in [2.75, 3.05) is 14.1 Å². The van der Waals surface area contributed by atoms with E-state index in [0.717, 1.165) is 6.42 Å². The second-order valence-corrected chi connectivity index (χ2v) is 20.5.